The molecule has 0 saturated carbocycles. The van der Waals surface area contributed by atoms with E-state index >= 15 is 0 Å². The van der Waals surface area contributed by atoms with Crippen molar-refractivity contribution in [3.63, 3.8) is 0 Å². The summed E-state index contributed by atoms with van der Waals surface area (Å²) in [6.07, 6.45) is 0.369. The third-order valence-electron chi connectivity index (χ3n) is 3.17. The zero-order chi connectivity index (χ0) is 14.7. The molecule has 5 nitrogen and oxygen atoms in total. The zero-order valence-electron chi connectivity index (χ0n) is 11.1. The molecule has 2 aromatic carbocycles. The number of aromatic nitrogens is 1. The van der Waals surface area contributed by atoms with Crippen LogP contribution >= 0.6 is 0 Å². The van der Waals surface area contributed by atoms with Crippen LogP contribution in [0.15, 0.2) is 65.2 Å². The zero-order valence-corrected chi connectivity index (χ0v) is 11.1. The van der Waals surface area contributed by atoms with Gasteiger partial charge in [-0.05, 0) is 5.56 Å². The first kappa shape index (κ1) is 13.1. The topological polar surface area (TPSA) is 69.2 Å². The lowest BCUT2D eigenvalue weighted by Gasteiger charge is -1.97. The molecule has 0 amide bonds. The molecule has 5 heteroatoms. The van der Waals surface area contributed by atoms with Crippen molar-refractivity contribution >= 4 is 5.69 Å². The molecule has 1 heterocycles. The largest absolute Gasteiger partial charge is 0.348 e. The number of nitro groups is 1. The normalized spacial score (nSPS) is 10.5. The Morgan fingerprint density at radius 1 is 1.00 bits per heavy atom. The van der Waals surface area contributed by atoms with Gasteiger partial charge in [0.25, 0.3) is 0 Å². The van der Waals surface area contributed by atoms with Gasteiger partial charge in [-0.3, -0.25) is 10.1 Å². The van der Waals surface area contributed by atoms with Crippen LogP contribution < -0.4 is 0 Å². The second-order valence-electron chi connectivity index (χ2n) is 4.59. The molecule has 0 atom stereocenters. The predicted molar refractivity (Wildman–Crippen MR) is 77.8 cm³/mol. The fourth-order valence-corrected chi connectivity index (χ4v) is 2.19. The molecule has 0 spiro atoms. The van der Waals surface area contributed by atoms with E-state index in [1.165, 1.54) is 0 Å². The molecule has 0 radical (unpaired) electrons. The van der Waals surface area contributed by atoms with Gasteiger partial charge in [0.2, 0.25) is 5.76 Å². The van der Waals surface area contributed by atoms with E-state index in [1.54, 1.807) is 24.3 Å². The summed E-state index contributed by atoms with van der Waals surface area (Å²) in [5, 5.41) is 15.3. The first-order chi connectivity index (χ1) is 10.3. The van der Waals surface area contributed by atoms with Gasteiger partial charge in [-0.1, -0.05) is 65.8 Å². The molecule has 0 saturated heterocycles. The first-order valence-electron chi connectivity index (χ1n) is 6.48. The summed E-state index contributed by atoms with van der Waals surface area (Å²) < 4.78 is 5.22. The Labute approximate surface area is 121 Å². The van der Waals surface area contributed by atoms with Crippen LogP contribution in [0.4, 0.5) is 5.69 Å². The van der Waals surface area contributed by atoms with Crippen molar-refractivity contribution < 1.29 is 9.45 Å². The maximum Gasteiger partial charge on any atom is 0.339 e. The first-order valence-corrected chi connectivity index (χ1v) is 6.48. The van der Waals surface area contributed by atoms with Crippen LogP contribution in [0, 0.1) is 10.1 Å². The van der Waals surface area contributed by atoms with Crippen molar-refractivity contribution in [1.29, 1.82) is 0 Å². The van der Waals surface area contributed by atoms with E-state index in [2.05, 4.69) is 5.16 Å². The number of benzene rings is 2. The second kappa shape index (κ2) is 5.58. The Morgan fingerprint density at radius 2 is 1.62 bits per heavy atom. The molecule has 0 aliphatic heterocycles. The number of hydrogen-bond acceptors (Lipinski definition) is 4. The average Bonchev–Trinajstić information content (AvgIpc) is 2.93. The molecule has 0 bridgehead atoms. The highest BCUT2D eigenvalue weighted by molar-refractivity contribution is 5.69. The number of nitrogens with zero attached hydrogens (tertiary/aromatic N) is 2. The van der Waals surface area contributed by atoms with E-state index in [9.17, 15) is 10.1 Å². The lowest BCUT2D eigenvalue weighted by atomic mass is 10.1. The third kappa shape index (κ3) is 2.67. The van der Waals surface area contributed by atoms with Gasteiger partial charge in [0.1, 0.15) is 0 Å². The third-order valence-corrected chi connectivity index (χ3v) is 3.17. The summed E-state index contributed by atoms with van der Waals surface area (Å²) in [4.78, 5) is 10.9. The summed E-state index contributed by atoms with van der Waals surface area (Å²) in [6, 6.07) is 18.5. The highest BCUT2D eigenvalue weighted by Crippen LogP contribution is 2.33. The van der Waals surface area contributed by atoms with Crippen LogP contribution in [-0.2, 0) is 6.42 Å². The lowest BCUT2D eigenvalue weighted by molar-refractivity contribution is -0.385. The Bertz CT molecular complexity index is 752. The van der Waals surface area contributed by atoms with Crippen LogP contribution in [0.3, 0.4) is 0 Å². The maximum absolute atomic E-state index is 11.4. The van der Waals surface area contributed by atoms with Gasteiger partial charge in [0.05, 0.1) is 4.92 Å². The Balaban J connectivity index is 2.03. The molecule has 0 unspecified atom stereocenters. The van der Waals surface area contributed by atoms with Crippen molar-refractivity contribution in [1.82, 2.24) is 5.16 Å². The van der Waals surface area contributed by atoms with Gasteiger partial charge in [-0.25, -0.2) is 0 Å². The van der Waals surface area contributed by atoms with Crippen molar-refractivity contribution in [2.24, 2.45) is 0 Å². The smallest absolute Gasteiger partial charge is 0.339 e. The van der Waals surface area contributed by atoms with Crippen molar-refractivity contribution in [2.45, 2.75) is 6.42 Å². The molecule has 21 heavy (non-hydrogen) atoms. The van der Waals surface area contributed by atoms with Crippen molar-refractivity contribution in [3.05, 3.63) is 82.0 Å². The van der Waals surface area contributed by atoms with Crippen molar-refractivity contribution in [3.8, 4) is 11.3 Å². The summed E-state index contributed by atoms with van der Waals surface area (Å²) in [5.74, 6) is 0.200. The highest BCUT2D eigenvalue weighted by atomic mass is 16.6. The molecule has 0 N–H and O–H groups in total. The number of rotatable bonds is 4. The van der Waals surface area contributed by atoms with Crippen LogP contribution in [0.1, 0.15) is 11.3 Å². The van der Waals surface area contributed by atoms with E-state index in [0.717, 1.165) is 5.56 Å². The Kier molecular flexibility index (Phi) is 3.47. The van der Waals surface area contributed by atoms with E-state index in [4.69, 9.17) is 4.52 Å². The molecular weight excluding hydrogens is 268 g/mol. The Hall–Kier alpha value is -2.95. The maximum atomic E-state index is 11.4. The van der Waals surface area contributed by atoms with E-state index in [1.807, 2.05) is 36.4 Å². The molecule has 3 aromatic rings. The minimum Gasteiger partial charge on any atom is -0.348 e. The monoisotopic (exact) mass is 280 g/mol. The molecular formula is C16H12N2O3. The molecule has 0 fully saturated rings. The van der Waals surface area contributed by atoms with Gasteiger partial charge in [-0.2, -0.15) is 0 Å². The lowest BCUT2D eigenvalue weighted by Crippen LogP contribution is -1.96. The minimum atomic E-state index is -0.433. The molecule has 0 aliphatic rings. The minimum absolute atomic E-state index is 0.0648. The van der Waals surface area contributed by atoms with Crippen LogP contribution in [0.2, 0.25) is 0 Å². The average molecular weight is 280 g/mol. The molecule has 0 aliphatic carbocycles. The summed E-state index contributed by atoms with van der Waals surface area (Å²) in [6.45, 7) is 0. The van der Waals surface area contributed by atoms with E-state index in [0.29, 0.717) is 17.7 Å². The summed E-state index contributed by atoms with van der Waals surface area (Å²) in [5.41, 5.74) is 1.87. The van der Waals surface area contributed by atoms with Gasteiger partial charge in [-0.15, -0.1) is 0 Å². The van der Waals surface area contributed by atoms with Gasteiger partial charge >= 0.3 is 5.69 Å². The highest BCUT2D eigenvalue weighted by Gasteiger charge is 2.27. The fraction of sp³-hybridized carbons (Fsp3) is 0.0625. The number of hydrogen-bond donors (Lipinski definition) is 0. The van der Waals surface area contributed by atoms with Crippen LogP contribution in [-0.4, -0.2) is 10.1 Å². The SMILES string of the molecule is O=[N+]([O-])c1c(Cc2ccccc2)noc1-c1ccccc1. The summed E-state index contributed by atoms with van der Waals surface area (Å²) >= 11 is 0. The van der Waals surface area contributed by atoms with Gasteiger partial charge in [0, 0.05) is 12.0 Å². The quantitative estimate of drug-likeness (QED) is 0.537. The van der Waals surface area contributed by atoms with Crippen LogP contribution in [0.25, 0.3) is 11.3 Å². The second-order valence-corrected chi connectivity index (χ2v) is 4.59. The van der Waals surface area contributed by atoms with Gasteiger partial charge < -0.3 is 4.52 Å². The van der Waals surface area contributed by atoms with Gasteiger partial charge in [0.15, 0.2) is 5.69 Å². The summed E-state index contributed by atoms with van der Waals surface area (Å²) in [7, 11) is 0. The van der Waals surface area contributed by atoms with Crippen molar-refractivity contribution in [2.75, 3.05) is 0 Å². The Morgan fingerprint density at radius 3 is 2.24 bits per heavy atom. The molecule has 1 aromatic heterocycles. The predicted octanol–water partition coefficient (Wildman–Crippen LogP) is 3.84. The molecule has 3 rings (SSSR count). The standard InChI is InChI=1S/C16H12N2O3/c19-18(20)15-14(11-12-7-3-1-4-8-12)17-21-16(15)13-9-5-2-6-10-13/h1-10H,11H2. The van der Waals surface area contributed by atoms with E-state index < -0.39 is 4.92 Å². The molecule has 104 valence electrons. The fourth-order valence-electron chi connectivity index (χ4n) is 2.19. The van der Waals surface area contributed by atoms with Crippen LogP contribution in [0.5, 0.6) is 0 Å². The van der Waals surface area contributed by atoms with E-state index in [-0.39, 0.29) is 11.4 Å².